The van der Waals surface area contributed by atoms with Gasteiger partial charge in [-0.3, -0.25) is 5.10 Å². The molecule has 0 radical (unpaired) electrons. The third kappa shape index (κ3) is 3.34. The summed E-state index contributed by atoms with van der Waals surface area (Å²) in [4.78, 5) is 13.1. The van der Waals surface area contributed by atoms with Gasteiger partial charge >= 0.3 is 0 Å². The number of pyridine rings is 1. The lowest BCUT2D eigenvalue weighted by Crippen LogP contribution is -2.22. The van der Waals surface area contributed by atoms with E-state index in [2.05, 4.69) is 47.9 Å². The first-order valence-electron chi connectivity index (χ1n) is 9.49. The van der Waals surface area contributed by atoms with Crippen molar-refractivity contribution in [1.82, 2.24) is 25.1 Å². The first-order chi connectivity index (χ1) is 13.9. The lowest BCUT2D eigenvalue weighted by Gasteiger charge is -2.22. The van der Waals surface area contributed by atoms with Crippen LogP contribution in [0.2, 0.25) is 0 Å². The molecule has 1 aliphatic heterocycles. The Bertz CT molecular complexity index is 1100. The van der Waals surface area contributed by atoms with Gasteiger partial charge in [0.25, 0.3) is 0 Å². The summed E-state index contributed by atoms with van der Waals surface area (Å²) in [6, 6.07) is 8.23. The zero-order chi connectivity index (χ0) is 18.8. The standard InChI is InChI=1S/C20H21N7O/c1-2-16-14(3-6-22-18(16)24-12-13-4-9-28-10-5-13)11-15(1)25-20-17-19(26-27-20)23-8-7-21-17/h1-3,6-8,11,13H,4-5,9-10,12H2,(H,22,24)(H2,23,25,26,27). The summed E-state index contributed by atoms with van der Waals surface area (Å²) in [5, 5.41) is 16.2. The Labute approximate surface area is 161 Å². The largest absolute Gasteiger partial charge is 0.381 e. The molecule has 4 heterocycles. The first kappa shape index (κ1) is 16.9. The molecule has 0 atom stereocenters. The Morgan fingerprint density at radius 2 is 1.93 bits per heavy atom. The van der Waals surface area contributed by atoms with Crippen molar-refractivity contribution in [3.8, 4) is 0 Å². The molecule has 3 aromatic heterocycles. The first-order valence-corrected chi connectivity index (χ1v) is 9.49. The van der Waals surface area contributed by atoms with Gasteiger partial charge < -0.3 is 15.4 Å². The number of H-pyrrole nitrogens is 1. The maximum absolute atomic E-state index is 5.44. The summed E-state index contributed by atoms with van der Waals surface area (Å²) in [5.41, 5.74) is 2.26. The van der Waals surface area contributed by atoms with Crippen LogP contribution in [0.3, 0.4) is 0 Å². The molecule has 3 N–H and O–H groups in total. The van der Waals surface area contributed by atoms with E-state index in [4.69, 9.17) is 4.74 Å². The molecule has 0 spiro atoms. The van der Waals surface area contributed by atoms with Gasteiger partial charge in [0.1, 0.15) is 5.82 Å². The summed E-state index contributed by atoms with van der Waals surface area (Å²) < 4.78 is 5.44. The van der Waals surface area contributed by atoms with Crippen molar-refractivity contribution in [2.45, 2.75) is 12.8 Å². The molecule has 4 aromatic rings. The monoisotopic (exact) mass is 375 g/mol. The lowest BCUT2D eigenvalue weighted by molar-refractivity contribution is 0.0699. The van der Waals surface area contributed by atoms with E-state index >= 15 is 0 Å². The minimum absolute atomic E-state index is 0.592. The van der Waals surface area contributed by atoms with Crippen LogP contribution in [0.1, 0.15) is 12.8 Å². The van der Waals surface area contributed by atoms with Gasteiger partial charge in [0, 0.05) is 49.4 Å². The highest BCUT2D eigenvalue weighted by Gasteiger charge is 2.14. The van der Waals surface area contributed by atoms with Gasteiger partial charge in [0.2, 0.25) is 5.65 Å². The second kappa shape index (κ2) is 7.40. The topological polar surface area (TPSA) is 101 Å². The number of ether oxygens (including phenoxy) is 1. The zero-order valence-corrected chi connectivity index (χ0v) is 15.4. The third-order valence-corrected chi connectivity index (χ3v) is 5.12. The number of aromatic amines is 1. The quantitative estimate of drug-likeness (QED) is 0.491. The van der Waals surface area contributed by atoms with Crippen LogP contribution in [0.25, 0.3) is 21.9 Å². The minimum atomic E-state index is 0.592. The van der Waals surface area contributed by atoms with E-state index in [9.17, 15) is 0 Å². The van der Waals surface area contributed by atoms with E-state index in [0.717, 1.165) is 66.2 Å². The molecule has 1 aliphatic rings. The molecule has 1 fully saturated rings. The van der Waals surface area contributed by atoms with Crippen LogP contribution in [-0.2, 0) is 4.74 Å². The smallest absolute Gasteiger partial charge is 0.201 e. The second-order valence-electron chi connectivity index (χ2n) is 6.98. The van der Waals surface area contributed by atoms with Gasteiger partial charge in [-0.15, -0.1) is 0 Å². The van der Waals surface area contributed by atoms with Crippen LogP contribution >= 0.6 is 0 Å². The van der Waals surface area contributed by atoms with Crippen molar-refractivity contribution in [3.05, 3.63) is 42.9 Å². The highest BCUT2D eigenvalue weighted by Crippen LogP contribution is 2.27. The predicted molar refractivity (Wildman–Crippen MR) is 109 cm³/mol. The maximum Gasteiger partial charge on any atom is 0.201 e. The summed E-state index contributed by atoms with van der Waals surface area (Å²) in [6.07, 6.45) is 7.34. The van der Waals surface area contributed by atoms with Crippen molar-refractivity contribution < 1.29 is 4.74 Å². The molecule has 1 saturated heterocycles. The van der Waals surface area contributed by atoms with Crippen LogP contribution in [0.4, 0.5) is 17.3 Å². The van der Waals surface area contributed by atoms with E-state index in [-0.39, 0.29) is 0 Å². The molecule has 28 heavy (non-hydrogen) atoms. The summed E-state index contributed by atoms with van der Waals surface area (Å²) >= 11 is 0. The molecular weight excluding hydrogens is 354 g/mol. The van der Waals surface area contributed by atoms with E-state index < -0.39 is 0 Å². The van der Waals surface area contributed by atoms with Gasteiger partial charge in [-0.2, -0.15) is 5.10 Å². The number of aromatic nitrogens is 5. The maximum atomic E-state index is 5.44. The third-order valence-electron chi connectivity index (χ3n) is 5.12. The lowest BCUT2D eigenvalue weighted by atomic mass is 10.0. The van der Waals surface area contributed by atoms with Gasteiger partial charge in [-0.05, 0) is 48.4 Å². The summed E-state index contributed by atoms with van der Waals surface area (Å²) in [7, 11) is 0. The number of nitrogens with one attached hydrogen (secondary N) is 3. The average Bonchev–Trinajstić information content (AvgIpc) is 3.16. The van der Waals surface area contributed by atoms with Crippen LogP contribution in [0, 0.1) is 5.92 Å². The Kier molecular flexibility index (Phi) is 4.46. The Morgan fingerprint density at radius 3 is 2.86 bits per heavy atom. The molecule has 0 unspecified atom stereocenters. The molecule has 0 aliphatic carbocycles. The highest BCUT2D eigenvalue weighted by atomic mass is 16.5. The SMILES string of the molecule is c1cc2cc(Nc3[nH]nc4nccnc34)ccc2c(NCC2CCOCC2)n1. The van der Waals surface area contributed by atoms with Crippen molar-refractivity contribution >= 4 is 39.3 Å². The summed E-state index contributed by atoms with van der Waals surface area (Å²) in [6.45, 7) is 2.64. The number of benzene rings is 1. The summed E-state index contributed by atoms with van der Waals surface area (Å²) in [5.74, 6) is 2.30. The fourth-order valence-electron chi connectivity index (χ4n) is 3.57. The number of anilines is 3. The predicted octanol–water partition coefficient (Wildman–Crippen LogP) is 3.48. The molecule has 5 rings (SSSR count). The van der Waals surface area contributed by atoms with Crippen molar-refractivity contribution in [2.75, 3.05) is 30.4 Å². The number of hydrogen-bond donors (Lipinski definition) is 3. The number of nitrogens with zero attached hydrogens (tertiary/aromatic N) is 4. The molecule has 0 bridgehead atoms. The molecule has 8 heteroatoms. The Hall–Kier alpha value is -3.26. The van der Waals surface area contributed by atoms with Crippen molar-refractivity contribution in [2.24, 2.45) is 5.92 Å². The minimum Gasteiger partial charge on any atom is -0.381 e. The van der Waals surface area contributed by atoms with Gasteiger partial charge in [-0.1, -0.05) is 0 Å². The molecule has 0 saturated carbocycles. The van der Waals surface area contributed by atoms with E-state index in [0.29, 0.717) is 11.6 Å². The van der Waals surface area contributed by atoms with E-state index in [1.54, 1.807) is 12.4 Å². The number of hydrogen-bond acceptors (Lipinski definition) is 7. The number of fused-ring (bicyclic) bond motifs is 2. The highest BCUT2D eigenvalue weighted by molar-refractivity contribution is 5.95. The second-order valence-corrected chi connectivity index (χ2v) is 6.98. The normalized spacial score (nSPS) is 15.1. The zero-order valence-electron chi connectivity index (χ0n) is 15.4. The van der Waals surface area contributed by atoms with Gasteiger partial charge in [0.05, 0.1) is 0 Å². The number of rotatable bonds is 5. The van der Waals surface area contributed by atoms with Gasteiger partial charge in [-0.25, -0.2) is 15.0 Å². The van der Waals surface area contributed by atoms with Gasteiger partial charge in [0.15, 0.2) is 11.3 Å². The van der Waals surface area contributed by atoms with Crippen LogP contribution < -0.4 is 10.6 Å². The fraction of sp³-hybridized carbons (Fsp3) is 0.300. The average molecular weight is 375 g/mol. The molecule has 1 aromatic carbocycles. The molecule has 142 valence electrons. The molecule has 0 amide bonds. The van der Waals surface area contributed by atoms with Crippen LogP contribution in [0.5, 0.6) is 0 Å². The van der Waals surface area contributed by atoms with E-state index in [1.165, 1.54) is 0 Å². The Balaban J connectivity index is 1.37. The van der Waals surface area contributed by atoms with E-state index in [1.807, 2.05) is 18.3 Å². The Morgan fingerprint density at radius 1 is 1.04 bits per heavy atom. The van der Waals surface area contributed by atoms with Crippen molar-refractivity contribution in [3.63, 3.8) is 0 Å². The van der Waals surface area contributed by atoms with Crippen LogP contribution in [0.15, 0.2) is 42.9 Å². The molecular formula is C20H21N7O. The van der Waals surface area contributed by atoms with Crippen LogP contribution in [-0.4, -0.2) is 44.9 Å². The van der Waals surface area contributed by atoms with Crippen molar-refractivity contribution in [1.29, 1.82) is 0 Å². The fourth-order valence-corrected chi connectivity index (χ4v) is 3.57. The molecule has 8 nitrogen and oxygen atoms in total.